The maximum atomic E-state index is 13.0. The number of amides is 1. The molecule has 1 aliphatic carbocycles. The van der Waals surface area contributed by atoms with Crippen molar-refractivity contribution in [1.82, 2.24) is 4.90 Å². The van der Waals surface area contributed by atoms with Crippen LogP contribution < -0.4 is 4.31 Å². The summed E-state index contributed by atoms with van der Waals surface area (Å²) < 4.78 is 25.9. The van der Waals surface area contributed by atoms with E-state index in [1.807, 2.05) is 54.3 Å². The smallest absolute Gasteiger partial charge is 0.243 e. The number of hydrogen-bond donors (Lipinski definition) is 0. The fourth-order valence-corrected chi connectivity index (χ4v) is 3.93. The number of benzene rings is 2. The molecular formula is C20H24N2O3S. The van der Waals surface area contributed by atoms with E-state index in [0.29, 0.717) is 12.2 Å². The molecule has 2 aromatic carbocycles. The summed E-state index contributed by atoms with van der Waals surface area (Å²) in [4.78, 5) is 14.8. The second kappa shape index (κ2) is 7.50. The molecule has 0 bridgehead atoms. The lowest BCUT2D eigenvalue weighted by Gasteiger charge is -2.28. The van der Waals surface area contributed by atoms with Gasteiger partial charge in [0.05, 0.1) is 11.9 Å². The lowest BCUT2D eigenvalue weighted by Crippen LogP contribution is -2.43. The minimum absolute atomic E-state index is 0.162. The second-order valence-electron chi connectivity index (χ2n) is 6.79. The molecule has 26 heavy (non-hydrogen) atoms. The Labute approximate surface area is 155 Å². The third-order valence-electron chi connectivity index (χ3n) is 4.57. The van der Waals surface area contributed by atoms with Crippen LogP contribution in [-0.4, -0.2) is 38.1 Å². The Kier molecular flexibility index (Phi) is 5.32. The van der Waals surface area contributed by atoms with Gasteiger partial charge >= 0.3 is 0 Å². The van der Waals surface area contributed by atoms with Crippen molar-refractivity contribution in [1.29, 1.82) is 0 Å². The molecule has 0 aromatic heterocycles. The highest BCUT2D eigenvalue weighted by molar-refractivity contribution is 7.92. The summed E-state index contributed by atoms with van der Waals surface area (Å²) in [6.07, 6.45) is 3.09. The summed E-state index contributed by atoms with van der Waals surface area (Å²) in [7, 11) is -3.56. The summed E-state index contributed by atoms with van der Waals surface area (Å²) >= 11 is 0. The normalized spacial score (nSPS) is 14.1. The number of hydrogen-bond acceptors (Lipinski definition) is 3. The molecule has 2 aromatic rings. The molecule has 0 heterocycles. The van der Waals surface area contributed by atoms with Crippen LogP contribution in [0.25, 0.3) is 0 Å². The standard InChI is InChI=1S/C20H24N2O3S/c1-16-8-6-7-11-19(16)22(26(2,24)25)15-20(23)21(18-12-13-18)14-17-9-4-3-5-10-17/h3-11,18H,12-15H2,1-2H3. The van der Waals surface area contributed by atoms with E-state index in [-0.39, 0.29) is 18.5 Å². The number of anilines is 1. The van der Waals surface area contributed by atoms with Crippen LogP contribution in [0, 0.1) is 6.92 Å². The zero-order valence-corrected chi connectivity index (χ0v) is 15.9. The van der Waals surface area contributed by atoms with Gasteiger partial charge in [-0.2, -0.15) is 0 Å². The van der Waals surface area contributed by atoms with Crippen molar-refractivity contribution in [2.24, 2.45) is 0 Å². The van der Waals surface area contributed by atoms with Gasteiger partial charge in [-0.15, -0.1) is 0 Å². The van der Waals surface area contributed by atoms with Gasteiger partial charge in [-0.25, -0.2) is 8.42 Å². The van der Waals surface area contributed by atoms with E-state index < -0.39 is 10.0 Å². The minimum atomic E-state index is -3.56. The van der Waals surface area contributed by atoms with Crippen molar-refractivity contribution in [2.75, 3.05) is 17.1 Å². The quantitative estimate of drug-likeness (QED) is 0.751. The van der Waals surface area contributed by atoms with Crippen LogP contribution in [-0.2, 0) is 21.4 Å². The largest absolute Gasteiger partial charge is 0.334 e. The first-order valence-corrected chi connectivity index (χ1v) is 10.6. The second-order valence-corrected chi connectivity index (χ2v) is 8.70. The number of aryl methyl sites for hydroxylation is 1. The van der Waals surface area contributed by atoms with Crippen molar-refractivity contribution in [3.8, 4) is 0 Å². The van der Waals surface area contributed by atoms with Gasteiger partial charge in [0.25, 0.3) is 0 Å². The van der Waals surface area contributed by atoms with Crippen LogP contribution in [0.5, 0.6) is 0 Å². The average molecular weight is 372 g/mol. The number of nitrogens with zero attached hydrogens (tertiary/aromatic N) is 2. The monoisotopic (exact) mass is 372 g/mol. The van der Waals surface area contributed by atoms with Crippen LogP contribution in [0.1, 0.15) is 24.0 Å². The van der Waals surface area contributed by atoms with E-state index in [0.717, 1.165) is 30.2 Å². The van der Waals surface area contributed by atoms with Crippen LogP contribution >= 0.6 is 0 Å². The molecule has 0 spiro atoms. The van der Waals surface area contributed by atoms with E-state index in [1.54, 1.807) is 12.1 Å². The molecule has 0 atom stereocenters. The molecule has 138 valence electrons. The number of carbonyl (C=O) groups is 1. The fourth-order valence-electron chi connectivity index (χ4n) is 3.03. The highest BCUT2D eigenvalue weighted by atomic mass is 32.2. The van der Waals surface area contributed by atoms with Gasteiger partial charge in [-0.05, 0) is 37.0 Å². The summed E-state index contributed by atoms with van der Waals surface area (Å²) in [6.45, 7) is 2.18. The summed E-state index contributed by atoms with van der Waals surface area (Å²) in [6, 6.07) is 17.2. The van der Waals surface area contributed by atoms with Crippen molar-refractivity contribution < 1.29 is 13.2 Å². The van der Waals surface area contributed by atoms with Gasteiger partial charge < -0.3 is 4.90 Å². The molecule has 1 saturated carbocycles. The number of carbonyl (C=O) groups excluding carboxylic acids is 1. The van der Waals surface area contributed by atoms with Crippen molar-refractivity contribution in [2.45, 2.75) is 32.4 Å². The van der Waals surface area contributed by atoms with Gasteiger partial charge in [0.2, 0.25) is 15.9 Å². The molecule has 0 N–H and O–H groups in total. The predicted molar refractivity (Wildman–Crippen MR) is 103 cm³/mol. The zero-order chi connectivity index (χ0) is 18.7. The van der Waals surface area contributed by atoms with Crippen LogP contribution in [0.4, 0.5) is 5.69 Å². The molecule has 1 aliphatic rings. The third-order valence-corrected chi connectivity index (χ3v) is 5.69. The van der Waals surface area contributed by atoms with E-state index in [4.69, 9.17) is 0 Å². The van der Waals surface area contributed by atoms with Gasteiger partial charge in [0.1, 0.15) is 6.54 Å². The Morgan fingerprint density at radius 3 is 2.23 bits per heavy atom. The zero-order valence-electron chi connectivity index (χ0n) is 15.1. The summed E-state index contributed by atoms with van der Waals surface area (Å²) in [5, 5.41) is 0. The topological polar surface area (TPSA) is 57.7 Å². The van der Waals surface area contributed by atoms with E-state index in [2.05, 4.69) is 0 Å². The van der Waals surface area contributed by atoms with E-state index in [9.17, 15) is 13.2 Å². The molecule has 1 fully saturated rings. The van der Waals surface area contributed by atoms with Crippen LogP contribution in [0.15, 0.2) is 54.6 Å². The molecule has 0 aliphatic heterocycles. The molecular weight excluding hydrogens is 348 g/mol. The van der Waals surface area contributed by atoms with Crippen molar-refractivity contribution >= 4 is 21.6 Å². The average Bonchev–Trinajstić information content (AvgIpc) is 3.43. The highest BCUT2D eigenvalue weighted by Gasteiger charge is 2.34. The van der Waals surface area contributed by atoms with Crippen LogP contribution in [0.2, 0.25) is 0 Å². The Bertz CT molecular complexity index is 877. The first-order chi connectivity index (χ1) is 12.4. The maximum Gasteiger partial charge on any atom is 0.243 e. The summed E-state index contributed by atoms with van der Waals surface area (Å²) in [5.41, 5.74) is 2.43. The van der Waals surface area contributed by atoms with Crippen LogP contribution in [0.3, 0.4) is 0 Å². The molecule has 0 unspecified atom stereocenters. The maximum absolute atomic E-state index is 13.0. The Hall–Kier alpha value is -2.34. The minimum Gasteiger partial charge on any atom is -0.334 e. The molecule has 3 rings (SSSR count). The molecule has 5 nitrogen and oxygen atoms in total. The molecule has 0 radical (unpaired) electrons. The lowest BCUT2D eigenvalue weighted by molar-refractivity contribution is -0.130. The van der Waals surface area contributed by atoms with Crippen molar-refractivity contribution in [3.05, 3.63) is 65.7 Å². The predicted octanol–water partition coefficient (Wildman–Crippen LogP) is 2.95. The number of sulfonamides is 1. The third kappa shape index (κ3) is 4.43. The first kappa shape index (κ1) is 18.5. The van der Waals surface area contributed by atoms with E-state index in [1.165, 1.54) is 4.31 Å². The lowest BCUT2D eigenvalue weighted by atomic mass is 10.2. The van der Waals surface area contributed by atoms with Gasteiger partial charge in [-0.3, -0.25) is 9.10 Å². The van der Waals surface area contributed by atoms with Gasteiger partial charge in [0, 0.05) is 12.6 Å². The highest BCUT2D eigenvalue weighted by Crippen LogP contribution is 2.29. The van der Waals surface area contributed by atoms with Gasteiger partial charge in [-0.1, -0.05) is 48.5 Å². The van der Waals surface area contributed by atoms with Gasteiger partial charge in [0.15, 0.2) is 0 Å². The molecule has 6 heteroatoms. The molecule has 1 amide bonds. The van der Waals surface area contributed by atoms with E-state index >= 15 is 0 Å². The SMILES string of the molecule is Cc1ccccc1N(CC(=O)N(Cc1ccccc1)C1CC1)S(C)(=O)=O. The Morgan fingerprint density at radius 1 is 1.04 bits per heavy atom. The fraction of sp³-hybridized carbons (Fsp3) is 0.350. The first-order valence-electron chi connectivity index (χ1n) is 8.73. The molecule has 0 saturated heterocycles. The Morgan fingerprint density at radius 2 is 1.65 bits per heavy atom. The summed E-state index contributed by atoms with van der Waals surface area (Å²) in [5.74, 6) is -0.162. The number of para-hydroxylation sites is 1. The Balaban J connectivity index is 1.83. The van der Waals surface area contributed by atoms with Crippen molar-refractivity contribution in [3.63, 3.8) is 0 Å². The number of rotatable bonds is 7.